The Kier molecular flexibility index (Phi) is 5.70. The number of ether oxygens (including phenoxy) is 1. The highest BCUT2D eigenvalue weighted by Crippen LogP contribution is 2.44. The molecule has 0 unspecified atom stereocenters. The lowest BCUT2D eigenvalue weighted by Crippen LogP contribution is -2.32. The number of benzene rings is 2. The zero-order valence-electron chi connectivity index (χ0n) is 17.2. The minimum Gasteiger partial charge on any atom is -0.481 e. The summed E-state index contributed by atoms with van der Waals surface area (Å²) in [6.07, 6.45) is -1.14. The van der Waals surface area contributed by atoms with E-state index in [1.54, 1.807) is 0 Å². The molecule has 1 aliphatic carbocycles. The Balaban J connectivity index is 1.47. The molecule has 0 fully saturated rings. The number of aliphatic carboxylic acids is 1. The fraction of sp³-hybridized carbons (Fsp3) is 0.304. The van der Waals surface area contributed by atoms with Crippen LogP contribution >= 0.6 is 0 Å². The molecule has 1 amide bonds. The summed E-state index contributed by atoms with van der Waals surface area (Å²) < 4.78 is 10.7. The molecule has 8 nitrogen and oxygen atoms in total. The van der Waals surface area contributed by atoms with E-state index in [-0.39, 0.29) is 24.3 Å². The number of carbonyl (C=O) groups excluding carboxylic acids is 1. The van der Waals surface area contributed by atoms with Crippen molar-refractivity contribution in [3.63, 3.8) is 0 Å². The van der Waals surface area contributed by atoms with Crippen molar-refractivity contribution in [1.82, 2.24) is 15.5 Å². The second-order valence-corrected chi connectivity index (χ2v) is 7.77. The Labute approximate surface area is 179 Å². The molecule has 0 aliphatic heterocycles. The van der Waals surface area contributed by atoms with Gasteiger partial charge in [-0.1, -0.05) is 67.5 Å². The largest absolute Gasteiger partial charge is 0.481 e. The van der Waals surface area contributed by atoms with Crippen LogP contribution in [0.25, 0.3) is 11.1 Å². The molecule has 0 spiro atoms. The Morgan fingerprint density at radius 3 is 2.26 bits per heavy atom. The number of carboxylic acid groups (broad SMARTS) is 1. The summed E-state index contributed by atoms with van der Waals surface area (Å²) in [5, 5.41) is 15.6. The highest BCUT2D eigenvalue weighted by molar-refractivity contribution is 5.79. The van der Waals surface area contributed by atoms with Gasteiger partial charge in [-0.25, -0.2) is 4.79 Å². The summed E-state index contributed by atoms with van der Waals surface area (Å²) in [5.41, 5.74) is 4.44. The van der Waals surface area contributed by atoms with E-state index < -0.39 is 24.5 Å². The van der Waals surface area contributed by atoms with Gasteiger partial charge < -0.3 is 19.7 Å². The minimum atomic E-state index is -1.10. The van der Waals surface area contributed by atoms with Crippen LogP contribution in [0.1, 0.15) is 61.0 Å². The lowest BCUT2D eigenvalue weighted by Gasteiger charge is -2.17. The molecule has 2 aromatic carbocycles. The van der Waals surface area contributed by atoms with E-state index in [2.05, 4.69) is 27.6 Å². The number of hydrogen-bond donors (Lipinski definition) is 2. The molecule has 160 valence electrons. The molecule has 31 heavy (non-hydrogen) atoms. The zero-order valence-corrected chi connectivity index (χ0v) is 17.2. The van der Waals surface area contributed by atoms with E-state index in [9.17, 15) is 14.7 Å². The number of hydrogen-bond acceptors (Lipinski definition) is 6. The summed E-state index contributed by atoms with van der Waals surface area (Å²) in [6.45, 7) is 3.90. The first-order valence-electron chi connectivity index (χ1n) is 10.1. The molecule has 0 saturated carbocycles. The molecule has 0 bridgehead atoms. The van der Waals surface area contributed by atoms with Crippen molar-refractivity contribution in [2.75, 3.05) is 6.61 Å². The summed E-state index contributed by atoms with van der Waals surface area (Å²) >= 11 is 0. The normalized spacial score (nSPS) is 13.5. The second-order valence-electron chi connectivity index (χ2n) is 7.77. The second kappa shape index (κ2) is 8.59. The van der Waals surface area contributed by atoms with Crippen LogP contribution in [0.3, 0.4) is 0 Å². The zero-order chi connectivity index (χ0) is 22.0. The Bertz CT molecular complexity index is 1060. The number of aromatic nitrogens is 2. The summed E-state index contributed by atoms with van der Waals surface area (Å²) in [5.74, 6) is -0.697. The lowest BCUT2D eigenvalue weighted by atomic mass is 9.98. The van der Waals surface area contributed by atoms with Crippen LogP contribution in [-0.2, 0) is 9.53 Å². The Morgan fingerprint density at radius 1 is 1.10 bits per heavy atom. The van der Waals surface area contributed by atoms with E-state index in [1.165, 1.54) is 0 Å². The SMILES string of the molecule is CC(C)c1noc([C@@H](CC(=O)O)NC(=O)OCC2c3ccccc3-c3ccccc32)n1. The molecule has 1 atom stereocenters. The maximum atomic E-state index is 12.5. The number of carbonyl (C=O) groups is 2. The first-order valence-corrected chi connectivity index (χ1v) is 10.1. The molecule has 1 aromatic heterocycles. The van der Waals surface area contributed by atoms with Crippen molar-refractivity contribution in [1.29, 1.82) is 0 Å². The van der Waals surface area contributed by atoms with Crippen molar-refractivity contribution in [2.24, 2.45) is 0 Å². The fourth-order valence-electron chi connectivity index (χ4n) is 3.78. The standard InChI is InChI=1S/C23H23N3O5/c1-13(2)21-25-22(31-26-21)19(11-20(27)28)24-23(29)30-12-18-16-9-5-3-7-14(16)15-8-4-6-10-17(15)18/h3-10,13,18-19H,11-12H2,1-2H3,(H,24,29)(H,27,28)/t19-/m1/s1. The number of fused-ring (bicyclic) bond motifs is 3. The Morgan fingerprint density at radius 2 is 1.71 bits per heavy atom. The van der Waals surface area contributed by atoms with E-state index in [0.29, 0.717) is 5.82 Å². The molecule has 1 aliphatic rings. The molecule has 1 heterocycles. The highest BCUT2D eigenvalue weighted by atomic mass is 16.5. The molecule has 2 N–H and O–H groups in total. The van der Waals surface area contributed by atoms with Crippen LogP contribution in [0, 0.1) is 0 Å². The maximum Gasteiger partial charge on any atom is 0.407 e. The van der Waals surface area contributed by atoms with E-state index >= 15 is 0 Å². The minimum absolute atomic E-state index is 0.0115. The number of amides is 1. The molecule has 3 aromatic rings. The quantitative estimate of drug-likeness (QED) is 0.586. The summed E-state index contributed by atoms with van der Waals surface area (Å²) in [4.78, 5) is 28.0. The third-order valence-corrected chi connectivity index (χ3v) is 5.29. The molecule has 0 saturated heterocycles. The first-order chi connectivity index (χ1) is 14.9. The molecular formula is C23H23N3O5. The summed E-state index contributed by atoms with van der Waals surface area (Å²) in [7, 11) is 0. The fourth-order valence-corrected chi connectivity index (χ4v) is 3.78. The van der Waals surface area contributed by atoms with E-state index in [1.807, 2.05) is 50.2 Å². The van der Waals surface area contributed by atoms with Crippen LogP contribution < -0.4 is 5.32 Å². The van der Waals surface area contributed by atoms with Crippen LogP contribution in [0.5, 0.6) is 0 Å². The van der Waals surface area contributed by atoms with Crippen molar-refractivity contribution >= 4 is 12.1 Å². The number of rotatable bonds is 7. The van der Waals surface area contributed by atoms with E-state index in [0.717, 1.165) is 22.3 Å². The van der Waals surface area contributed by atoms with Crippen LogP contribution in [0.15, 0.2) is 53.1 Å². The van der Waals surface area contributed by atoms with Crippen molar-refractivity contribution in [3.05, 3.63) is 71.4 Å². The molecule has 4 rings (SSSR count). The first kappa shape index (κ1) is 20.6. The van der Waals surface area contributed by atoms with Gasteiger partial charge in [-0.05, 0) is 22.3 Å². The molecule has 8 heteroatoms. The lowest BCUT2D eigenvalue weighted by molar-refractivity contribution is -0.137. The van der Waals surface area contributed by atoms with Gasteiger partial charge in [-0.2, -0.15) is 4.98 Å². The van der Waals surface area contributed by atoms with E-state index in [4.69, 9.17) is 9.26 Å². The molecule has 0 radical (unpaired) electrons. The smallest absolute Gasteiger partial charge is 0.407 e. The number of carboxylic acids is 1. The summed E-state index contributed by atoms with van der Waals surface area (Å²) in [6, 6.07) is 15.1. The number of alkyl carbamates (subject to hydrolysis) is 1. The van der Waals surface area contributed by atoms with Crippen molar-refractivity contribution in [2.45, 2.75) is 38.1 Å². The van der Waals surface area contributed by atoms with Gasteiger partial charge >= 0.3 is 12.1 Å². The van der Waals surface area contributed by atoms with Gasteiger partial charge in [0.25, 0.3) is 0 Å². The third-order valence-electron chi connectivity index (χ3n) is 5.29. The van der Waals surface area contributed by atoms with Crippen LogP contribution in [-0.4, -0.2) is 33.9 Å². The van der Waals surface area contributed by atoms with Crippen molar-refractivity contribution < 1.29 is 24.0 Å². The average Bonchev–Trinajstić information content (AvgIpc) is 3.35. The number of nitrogens with zero attached hydrogens (tertiary/aromatic N) is 2. The predicted molar refractivity (Wildman–Crippen MR) is 112 cm³/mol. The van der Waals surface area contributed by atoms with Crippen LogP contribution in [0.2, 0.25) is 0 Å². The highest BCUT2D eigenvalue weighted by Gasteiger charge is 2.30. The van der Waals surface area contributed by atoms with Gasteiger partial charge in [0.05, 0.1) is 6.42 Å². The van der Waals surface area contributed by atoms with Crippen molar-refractivity contribution in [3.8, 4) is 11.1 Å². The van der Waals surface area contributed by atoms with Gasteiger partial charge in [0.15, 0.2) is 5.82 Å². The van der Waals surface area contributed by atoms with Gasteiger partial charge in [-0.15, -0.1) is 0 Å². The van der Waals surface area contributed by atoms with Gasteiger partial charge in [0, 0.05) is 11.8 Å². The van der Waals surface area contributed by atoms with Gasteiger partial charge in [0.2, 0.25) is 5.89 Å². The topological polar surface area (TPSA) is 115 Å². The van der Waals surface area contributed by atoms with Gasteiger partial charge in [0.1, 0.15) is 12.6 Å². The monoisotopic (exact) mass is 421 g/mol. The Hall–Kier alpha value is -3.68. The maximum absolute atomic E-state index is 12.5. The average molecular weight is 421 g/mol. The number of nitrogens with one attached hydrogen (secondary N) is 1. The third kappa shape index (κ3) is 4.28. The van der Waals surface area contributed by atoms with Crippen LogP contribution in [0.4, 0.5) is 4.79 Å². The predicted octanol–water partition coefficient (Wildman–Crippen LogP) is 4.25. The van der Waals surface area contributed by atoms with Gasteiger partial charge in [-0.3, -0.25) is 4.79 Å². The molecular weight excluding hydrogens is 398 g/mol.